The van der Waals surface area contributed by atoms with Crippen molar-refractivity contribution in [1.29, 1.82) is 0 Å². The maximum atomic E-state index is 12.3. The molecule has 0 saturated carbocycles. The van der Waals surface area contributed by atoms with E-state index in [1.807, 2.05) is 60.7 Å². The summed E-state index contributed by atoms with van der Waals surface area (Å²) >= 11 is 5.96. The Labute approximate surface area is 150 Å². The summed E-state index contributed by atoms with van der Waals surface area (Å²) in [6, 6.07) is 22.5. The first kappa shape index (κ1) is 15.5. The molecule has 3 aromatic rings. The molecule has 3 aromatic carbocycles. The number of carbonyl (C=O) groups is 1. The summed E-state index contributed by atoms with van der Waals surface area (Å²) in [5.74, 6) is 1.38. The van der Waals surface area contributed by atoms with Gasteiger partial charge in [-0.15, -0.1) is 0 Å². The number of rotatable bonds is 3. The molecule has 124 valence electrons. The third-order valence-corrected chi connectivity index (χ3v) is 4.23. The highest BCUT2D eigenvalue weighted by molar-refractivity contribution is 6.31. The number of hydrogen-bond acceptors (Lipinski definition) is 3. The standard InChI is InChI=1S/C20H15ClN2O2/c21-14-8-11-18-17(12-14)20(24)23-19(22-18)13-6-9-16(10-7-13)25-15-4-2-1-3-5-15/h1-12,19,22H,(H,23,24). The van der Waals surface area contributed by atoms with E-state index in [-0.39, 0.29) is 12.1 Å². The predicted octanol–water partition coefficient (Wildman–Crippen LogP) is 4.99. The zero-order valence-corrected chi connectivity index (χ0v) is 14.0. The Morgan fingerprint density at radius 3 is 2.32 bits per heavy atom. The van der Waals surface area contributed by atoms with E-state index in [0.717, 1.165) is 22.7 Å². The van der Waals surface area contributed by atoms with E-state index in [9.17, 15) is 4.79 Å². The Morgan fingerprint density at radius 1 is 0.840 bits per heavy atom. The normalized spacial score (nSPS) is 15.7. The highest BCUT2D eigenvalue weighted by atomic mass is 35.5. The minimum absolute atomic E-state index is 0.147. The lowest BCUT2D eigenvalue weighted by atomic mass is 10.1. The topological polar surface area (TPSA) is 50.4 Å². The molecule has 0 saturated heterocycles. The zero-order chi connectivity index (χ0) is 17.2. The quantitative estimate of drug-likeness (QED) is 0.700. The van der Waals surface area contributed by atoms with Crippen LogP contribution >= 0.6 is 11.6 Å². The van der Waals surface area contributed by atoms with E-state index < -0.39 is 0 Å². The van der Waals surface area contributed by atoms with Crippen LogP contribution in [0.1, 0.15) is 22.1 Å². The van der Waals surface area contributed by atoms with Crippen molar-refractivity contribution < 1.29 is 9.53 Å². The second-order valence-electron chi connectivity index (χ2n) is 5.72. The number of fused-ring (bicyclic) bond motifs is 1. The van der Waals surface area contributed by atoms with Gasteiger partial charge in [-0.2, -0.15) is 0 Å². The van der Waals surface area contributed by atoms with Crippen molar-refractivity contribution in [2.75, 3.05) is 5.32 Å². The number of benzene rings is 3. The second kappa shape index (κ2) is 6.49. The van der Waals surface area contributed by atoms with Gasteiger partial charge in [-0.25, -0.2) is 0 Å². The maximum Gasteiger partial charge on any atom is 0.255 e. The lowest BCUT2D eigenvalue weighted by molar-refractivity contribution is 0.0935. The third kappa shape index (κ3) is 3.30. The van der Waals surface area contributed by atoms with Crippen LogP contribution < -0.4 is 15.4 Å². The monoisotopic (exact) mass is 350 g/mol. The average Bonchev–Trinajstić information content (AvgIpc) is 2.64. The lowest BCUT2D eigenvalue weighted by Crippen LogP contribution is -2.38. The lowest BCUT2D eigenvalue weighted by Gasteiger charge is -2.28. The Hall–Kier alpha value is -2.98. The number of halogens is 1. The second-order valence-corrected chi connectivity index (χ2v) is 6.16. The fraction of sp³-hybridized carbons (Fsp3) is 0.0500. The summed E-state index contributed by atoms with van der Waals surface area (Å²) in [5, 5.41) is 6.78. The van der Waals surface area contributed by atoms with Gasteiger partial charge in [-0.3, -0.25) is 4.79 Å². The summed E-state index contributed by atoms with van der Waals surface area (Å²) in [5.41, 5.74) is 2.25. The number of hydrogen-bond donors (Lipinski definition) is 2. The molecule has 0 bridgehead atoms. The minimum atomic E-state index is -0.299. The van der Waals surface area contributed by atoms with Gasteiger partial charge in [0.1, 0.15) is 17.7 Å². The van der Waals surface area contributed by atoms with Gasteiger partial charge >= 0.3 is 0 Å². The molecule has 0 fully saturated rings. The molecule has 0 spiro atoms. The van der Waals surface area contributed by atoms with Crippen LogP contribution in [0.2, 0.25) is 5.02 Å². The zero-order valence-electron chi connectivity index (χ0n) is 13.2. The van der Waals surface area contributed by atoms with Gasteiger partial charge in [0.15, 0.2) is 0 Å². The molecule has 1 heterocycles. The van der Waals surface area contributed by atoms with Crippen molar-refractivity contribution in [3.05, 3.63) is 88.9 Å². The smallest absolute Gasteiger partial charge is 0.255 e. The molecule has 1 aliphatic rings. The summed E-state index contributed by atoms with van der Waals surface area (Å²) in [7, 11) is 0. The molecule has 0 radical (unpaired) electrons. The molecule has 0 aliphatic carbocycles. The van der Waals surface area contributed by atoms with Crippen LogP contribution in [-0.2, 0) is 0 Å². The first-order chi connectivity index (χ1) is 12.2. The summed E-state index contributed by atoms with van der Waals surface area (Å²) in [4.78, 5) is 12.3. The number of amides is 1. The van der Waals surface area contributed by atoms with Gasteiger partial charge in [-0.05, 0) is 48.0 Å². The molecular weight excluding hydrogens is 336 g/mol. The van der Waals surface area contributed by atoms with Gasteiger partial charge < -0.3 is 15.4 Å². The van der Waals surface area contributed by atoms with E-state index in [4.69, 9.17) is 16.3 Å². The molecule has 0 aromatic heterocycles. The summed E-state index contributed by atoms with van der Waals surface area (Å²) in [6.45, 7) is 0. The van der Waals surface area contributed by atoms with E-state index in [2.05, 4.69) is 10.6 Å². The van der Waals surface area contributed by atoms with Crippen LogP contribution in [0, 0.1) is 0 Å². The van der Waals surface area contributed by atoms with Gasteiger partial charge in [0.2, 0.25) is 0 Å². The van der Waals surface area contributed by atoms with Crippen molar-refractivity contribution in [2.45, 2.75) is 6.17 Å². The Balaban J connectivity index is 1.53. The van der Waals surface area contributed by atoms with Gasteiger partial charge in [0.25, 0.3) is 5.91 Å². The Morgan fingerprint density at radius 2 is 1.56 bits per heavy atom. The van der Waals surface area contributed by atoms with Crippen LogP contribution in [0.25, 0.3) is 0 Å². The summed E-state index contributed by atoms with van der Waals surface area (Å²) in [6.07, 6.45) is -0.299. The molecule has 2 N–H and O–H groups in total. The van der Waals surface area contributed by atoms with Crippen molar-refractivity contribution in [2.24, 2.45) is 0 Å². The molecule has 1 amide bonds. The molecule has 4 rings (SSSR count). The fourth-order valence-corrected chi connectivity index (χ4v) is 2.92. The number of ether oxygens (including phenoxy) is 1. The first-order valence-corrected chi connectivity index (χ1v) is 8.27. The first-order valence-electron chi connectivity index (χ1n) is 7.89. The van der Waals surface area contributed by atoms with Crippen LogP contribution in [0.4, 0.5) is 5.69 Å². The van der Waals surface area contributed by atoms with Gasteiger partial charge in [-0.1, -0.05) is 41.9 Å². The third-order valence-electron chi connectivity index (χ3n) is 3.99. The number of carbonyl (C=O) groups excluding carboxylic acids is 1. The highest BCUT2D eigenvalue weighted by Gasteiger charge is 2.24. The Bertz CT molecular complexity index is 911. The van der Waals surface area contributed by atoms with Crippen LogP contribution in [0.3, 0.4) is 0 Å². The van der Waals surface area contributed by atoms with Crippen LogP contribution in [0.15, 0.2) is 72.8 Å². The minimum Gasteiger partial charge on any atom is -0.457 e. The summed E-state index contributed by atoms with van der Waals surface area (Å²) < 4.78 is 5.79. The average molecular weight is 351 g/mol. The molecule has 1 unspecified atom stereocenters. The van der Waals surface area contributed by atoms with Crippen molar-refractivity contribution in [3.63, 3.8) is 0 Å². The largest absolute Gasteiger partial charge is 0.457 e. The van der Waals surface area contributed by atoms with E-state index in [0.29, 0.717) is 10.6 Å². The predicted molar refractivity (Wildman–Crippen MR) is 98.2 cm³/mol. The van der Waals surface area contributed by atoms with Gasteiger partial charge in [0.05, 0.1) is 5.56 Å². The highest BCUT2D eigenvalue weighted by Crippen LogP contribution is 2.30. The number of para-hydroxylation sites is 1. The number of anilines is 1. The molecule has 25 heavy (non-hydrogen) atoms. The van der Waals surface area contributed by atoms with E-state index >= 15 is 0 Å². The molecule has 5 heteroatoms. The van der Waals surface area contributed by atoms with Crippen LogP contribution in [0.5, 0.6) is 11.5 Å². The molecular formula is C20H15ClN2O2. The van der Waals surface area contributed by atoms with Crippen LogP contribution in [-0.4, -0.2) is 5.91 Å². The Kier molecular flexibility index (Phi) is 4.04. The van der Waals surface area contributed by atoms with Gasteiger partial charge in [0, 0.05) is 10.7 Å². The maximum absolute atomic E-state index is 12.3. The number of nitrogens with one attached hydrogen (secondary N) is 2. The molecule has 1 atom stereocenters. The van der Waals surface area contributed by atoms with Crippen molar-refractivity contribution >= 4 is 23.2 Å². The molecule has 1 aliphatic heterocycles. The SMILES string of the molecule is O=C1NC(c2ccc(Oc3ccccc3)cc2)Nc2ccc(Cl)cc21. The van der Waals surface area contributed by atoms with Crippen molar-refractivity contribution in [3.8, 4) is 11.5 Å². The fourth-order valence-electron chi connectivity index (χ4n) is 2.75. The van der Waals surface area contributed by atoms with E-state index in [1.54, 1.807) is 12.1 Å². The molecule has 4 nitrogen and oxygen atoms in total. The van der Waals surface area contributed by atoms with E-state index in [1.165, 1.54) is 0 Å². The van der Waals surface area contributed by atoms with Crippen molar-refractivity contribution in [1.82, 2.24) is 5.32 Å².